The lowest BCUT2D eigenvalue weighted by Gasteiger charge is -2.13. The maximum Gasteiger partial charge on any atom is 0.416 e. The minimum Gasteiger partial charge on any atom is -0.483 e. The van der Waals surface area contributed by atoms with Crippen molar-refractivity contribution in [3.05, 3.63) is 76.3 Å². The Morgan fingerprint density at radius 1 is 1.17 bits per heavy atom. The first-order valence-electron chi connectivity index (χ1n) is 9.35. The smallest absolute Gasteiger partial charge is 0.416 e. The van der Waals surface area contributed by atoms with E-state index in [0.717, 1.165) is 22.6 Å². The Balaban J connectivity index is 1.57. The molecule has 0 radical (unpaired) electrons. The molecule has 1 heterocycles. The number of nitrogens with one attached hydrogen (secondary N) is 1. The first kappa shape index (κ1) is 21.8. The van der Waals surface area contributed by atoms with E-state index >= 15 is 0 Å². The molecule has 1 aromatic heterocycles. The highest BCUT2D eigenvalue weighted by atomic mass is 32.1. The summed E-state index contributed by atoms with van der Waals surface area (Å²) in [6.07, 6.45) is -2.53. The number of para-hydroxylation sites is 1. The van der Waals surface area contributed by atoms with Gasteiger partial charge < -0.3 is 4.74 Å². The van der Waals surface area contributed by atoms with E-state index in [9.17, 15) is 18.0 Å². The van der Waals surface area contributed by atoms with Crippen molar-refractivity contribution in [2.75, 3.05) is 11.9 Å². The van der Waals surface area contributed by atoms with Crippen LogP contribution in [-0.4, -0.2) is 17.5 Å². The molecule has 1 amide bonds. The third kappa shape index (κ3) is 5.82. The van der Waals surface area contributed by atoms with Crippen LogP contribution in [0, 0.1) is 0 Å². The molecule has 30 heavy (non-hydrogen) atoms. The molecule has 0 unspecified atom stereocenters. The molecule has 0 saturated heterocycles. The lowest BCUT2D eigenvalue weighted by molar-refractivity contribution is -0.137. The van der Waals surface area contributed by atoms with Crippen LogP contribution in [0.15, 0.2) is 54.7 Å². The van der Waals surface area contributed by atoms with Gasteiger partial charge in [0.25, 0.3) is 5.91 Å². The van der Waals surface area contributed by atoms with Crippen LogP contribution in [0.5, 0.6) is 5.75 Å². The van der Waals surface area contributed by atoms with Gasteiger partial charge in [-0.3, -0.25) is 10.1 Å². The number of carbonyl (C=O) groups excluding carboxylic acids is 1. The lowest BCUT2D eigenvalue weighted by atomic mass is 10.0. The van der Waals surface area contributed by atoms with E-state index in [1.807, 2.05) is 38.1 Å². The Morgan fingerprint density at radius 2 is 1.93 bits per heavy atom. The van der Waals surface area contributed by atoms with Crippen LogP contribution in [0.1, 0.15) is 41.3 Å². The molecule has 0 bridgehead atoms. The van der Waals surface area contributed by atoms with Crippen molar-refractivity contribution in [3.8, 4) is 5.75 Å². The summed E-state index contributed by atoms with van der Waals surface area (Å²) < 4.78 is 44.2. The van der Waals surface area contributed by atoms with Crippen molar-refractivity contribution in [1.29, 1.82) is 0 Å². The number of nitrogens with zero attached hydrogens (tertiary/aromatic N) is 1. The highest BCUT2D eigenvalue weighted by Gasteiger charge is 2.30. The van der Waals surface area contributed by atoms with Gasteiger partial charge in [-0.25, -0.2) is 4.98 Å². The predicted molar refractivity (Wildman–Crippen MR) is 111 cm³/mol. The SMILES string of the molecule is CC(C)c1ccccc1OCC(=O)Nc1ncc(Cc2cccc(C(F)(F)F)c2)s1. The fourth-order valence-corrected chi connectivity index (χ4v) is 3.76. The van der Waals surface area contributed by atoms with Crippen molar-refractivity contribution >= 4 is 22.4 Å². The van der Waals surface area contributed by atoms with E-state index in [4.69, 9.17) is 4.74 Å². The predicted octanol–water partition coefficient (Wildman–Crippen LogP) is 5.89. The molecule has 8 heteroatoms. The summed E-state index contributed by atoms with van der Waals surface area (Å²) in [4.78, 5) is 17.1. The van der Waals surface area contributed by atoms with E-state index in [0.29, 0.717) is 22.9 Å². The van der Waals surface area contributed by atoms with E-state index < -0.39 is 11.7 Å². The molecule has 0 fully saturated rings. The molecule has 3 rings (SSSR count). The number of thiazole rings is 1. The number of amides is 1. The van der Waals surface area contributed by atoms with Gasteiger partial charge in [0.05, 0.1) is 5.56 Å². The number of aromatic nitrogens is 1. The second-order valence-electron chi connectivity index (χ2n) is 7.04. The molecule has 158 valence electrons. The molecular weight excluding hydrogens is 413 g/mol. The molecular formula is C22H21F3N2O2S. The lowest BCUT2D eigenvalue weighted by Crippen LogP contribution is -2.20. The summed E-state index contributed by atoms with van der Waals surface area (Å²) in [5.41, 5.74) is 0.861. The highest BCUT2D eigenvalue weighted by molar-refractivity contribution is 7.15. The number of halogens is 3. The average molecular weight is 434 g/mol. The minimum absolute atomic E-state index is 0.160. The molecule has 0 aliphatic carbocycles. The number of benzene rings is 2. The van der Waals surface area contributed by atoms with Gasteiger partial charge in [-0.2, -0.15) is 13.2 Å². The first-order chi connectivity index (χ1) is 14.2. The molecule has 3 aromatic rings. The van der Waals surface area contributed by atoms with Crippen molar-refractivity contribution in [1.82, 2.24) is 4.98 Å². The normalized spacial score (nSPS) is 11.5. The third-order valence-corrected chi connectivity index (χ3v) is 5.25. The monoisotopic (exact) mass is 434 g/mol. The maximum absolute atomic E-state index is 12.8. The standard InChI is InChI=1S/C22H21F3N2O2S/c1-14(2)18-8-3-4-9-19(18)29-13-20(28)27-21-26-12-17(30-21)11-15-6-5-7-16(10-15)22(23,24)25/h3-10,12,14H,11,13H2,1-2H3,(H,26,27,28). The Kier molecular flexibility index (Phi) is 6.77. The van der Waals surface area contributed by atoms with Crippen molar-refractivity contribution in [2.24, 2.45) is 0 Å². The second-order valence-corrected chi connectivity index (χ2v) is 8.15. The molecule has 0 spiro atoms. The number of ether oxygens (including phenoxy) is 1. The fraction of sp³-hybridized carbons (Fsp3) is 0.273. The van der Waals surface area contributed by atoms with Crippen LogP contribution in [0.4, 0.5) is 18.3 Å². The molecule has 0 aliphatic heterocycles. The van der Waals surface area contributed by atoms with Crippen molar-refractivity contribution in [2.45, 2.75) is 32.4 Å². The van der Waals surface area contributed by atoms with Crippen LogP contribution < -0.4 is 10.1 Å². The second kappa shape index (κ2) is 9.30. The van der Waals surface area contributed by atoms with Crippen LogP contribution in [0.3, 0.4) is 0 Å². The van der Waals surface area contributed by atoms with Gasteiger partial charge in [0, 0.05) is 17.5 Å². The zero-order valence-corrected chi connectivity index (χ0v) is 17.3. The quantitative estimate of drug-likeness (QED) is 0.504. The van der Waals surface area contributed by atoms with E-state index in [1.165, 1.54) is 17.4 Å². The van der Waals surface area contributed by atoms with Gasteiger partial charge >= 0.3 is 6.18 Å². The number of hydrogen-bond donors (Lipinski definition) is 1. The Hall–Kier alpha value is -2.87. The van der Waals surface area contributed by atoms with E-state index in [2.05, 4.69) is 10.3 Å². The van der Waals surface area contributed by atoms with Crippen molar-refractivity contribution in [3.63, 3.8) is 0 Å². The van der Waals surface area contributed by atoms with Gasteiger partial charge in [0.15, 0.2) is 11.7 Å². The molecule has 0 atom stereocenters. The maximum atomic E-state index is 12.8. The largest absolute Gasteiger partial charge is 0.483 e. The zero-order chi connectivity index (χ0) is 21.7. The third-order valence-electron chi connectivity index (χ3n) is 4.33. The summed E-state index contributed by atoms with van der Waals surface area (Å²) in [5, 5.41) is 3.04. The number of alkyl halides is 3. The zero-order valence-electron chi connectivity index (χ0n) is 16.5. The van der Waals surface area contributed by atoms with Crippen LogP contribution in [0.2, 0.25) is 0 Å². The van der Waals surface area contributed by atoms with Gasteiger partial charge in [0.2, 0.25) is 0 Å². The van der Waals surface area contributed by atoms with Gasteiger partial charge in [0.1, 0.15) is 5.75 Å². The summed E-state index contributed by atoms with van der Waals surface area (Å²) in [6, 6.07) is 12.7. The van der Waals surface area contributed by atoms with Crippen LogP contribution in [-0.2, 0) is 17.4 Å². The van der Waals surface area contributed by atoms with E-state index in [1.54, 1.807) is 12.3 Å². The van der Waals surface area contributed by atoms with Gasteiger partial charge in [-0.05, 0) is 29.2 Å². The summed E-state index contributed by atoms with van der Waals surface area (Å²) in [5.74, 6) is 0.571. The molecule has 4 nitrogen and oxygen atoms in total. The van der Waals surface area contributed by atoms with E-state index in [-0.39, 0.29) is 18.4 Å². The topological polar surface area (TPSA) is 51.2 Å². The molecule has 1 N–H and O–H groups in total. The highest BCUT2D eigenvalue weighted by Crippen LogP contribution is 2.31. The molecule has 2 aromatic carbocycles. The summed E-state index contributed by atoms with van der Waals surface area (Å²) in [7, 11) is 0. The Morgan fingerprint density at radius 3 is 2.67 bits per heavy atom. The number of rotatable bonds is 7. The Labute approximate surface area is 176 Å². The van der Waals surface area contributed by atoms with Crippen LogP contribution in [0.25, 0.3) is 0 Å². The Bertz CT molecular complexity index is 1020. The number of anilines is 1. The number of carbonyl (C=O) groups is 1. The molecule has 0 aliphatic rings. The average Bonchev–Trinajstić information content (AvgIpc) is 3.12. The van der Waals surface area contributed by atoms with Crippen LogP contribution >= 0.6 is 11.3 Å². The fourth-order valence-electron chi connectivity index (χ4n) is 2.89. The summed E-state index contributed by atoms with van der Waals surface area (Å²) >= 11 is 1.22. The summed E-state index contributed by atoms with van der Waals surface area (Å²) in [6.45, 7) is 3.93. The van der Waals surface area contributed by atoms with Crippen molar-refractivity contribution < 1.29 is 22.7 Å². The minimum atomic E-state index is -4.38. The van der Waals surface area contributed by atoms with Gasteiger partial charge in [-0.1, -0.05) is 50.2 Å². The van der Waals surface area contributed by atoms with Gasteiger partial charge in [-0.15, -0.1) is 11.3 Å². The number of hydrogen-bond acceptors (Lipinski definition) is 4. The first-order valence-corrected chi connectivity index (χ1v) is 10.2. The molecule has 0 saturated carbocycles.